The first-order chi connectivity index (χ1) is 10.0. The van der Waals surface area contributed by atoms with E-state index in [2.05, 4.69) is 37.9 Å². The van der Waals surface area contributed by atoms with Crippen LogP contribution in [0.5, 0.6) is 0 Å². The summed E-state index contributed by atoms with van der Waals surface area (Å²) >= 11 is 0. The Morgan fingerprint density at radius 3 is 2.24 bits per heavy atom. The first kappa shape index (κ1) is 17.3. The van der Waals surface area contributed by atoms with Gasteiger partial charge in [0.1, 0.15) is 0 Å². The van der Waals surface area contributed by atoms with E-state index in [4.69, 9.17) is 0 Å². The molecule has 0 radical (unpaired) electrons. The number of rotatable bonds is 6. The highest BCUT2D eigenvalue weighted by atomic mass is 15.2. The average molecular weight is 295 g/mol. The summed E-state index contributed by atoms with van der Waals surface area (Å²) in [6, 6.07) is 0.618. The van der Waals surface area contributed by atoms with E-state index >= 15 is 0 Å². The topological polar surface area (TPSA) is 15.3 Å². The zero-order valence-corrected chi connectivity index (χ0v) is 15.0. The Labute approximate surface area is 133 Å². The predicted octanol–water partition coefficient (Wildman–Crippen LogP) is 4.30. The van der Waals surface area contributed by atoms with E-state index < -0.39 is 0 Å². The molecular weight excluding hydrogens is 256 g/mol. The van der Waals surface area contributed by atoms with Crippen molar-refractivity contribution < 1.29 is 0 Å². The fourth-order valence-corrected chi connectivity index (χ4v) is 4.31. The lowest BCUT2D eigenvalue weighted by Gasteiger charge is -2.38. The number of nitrogens with one attached hydrogen (secondary N) is 1. The predicted molar refractivity (Wildman–Crippen MR) is 92.7 cm³/mol. The van der Waals surface area contributed by atoms with Gasteiger partial charge in [-0.05, 0) is 43.1 Å². The molecule has 2 aliphatic rings. The maximum Gasteiger partial charge on any atom is 0.00503 e. The number of hydrogen-bond acceptors (Lipinski definition) is 2. The monoisotopic (exact) mass is 294 g/mol. The Morgan fingerprint density at radius 2 is 1.71 bits per heavy atom. The second-order valence-electron chi connectivity index (χ2n) is 8.48. The summed E-state index contributed by atoms with van der Waals surface area (Å²) in [4.78, 5) is 2.79. The summed E-state index contributed by atoms with van der Waals surface area (Å²) in [5.74, 6) is 1.79. The maximum atomic E-state index is 3.77. The highest BCUT2D eigenvalue weighted by Gasteiger charge is 2.35. The minimum atomic E-state index is 0.548. The van der Waals surface area contributed by atoms with E-state index in [1.165, 1.54) is 71.1 Å². The Morgan fingerprint density at radius 1 is 1.05 bits per heavy atom. The van der Waals surface area contributed by atoms with E-state index in [9.17, 15) is 0 Å². The van der Waals surface area contributed by atoms with Crippen LogP contribution in [0.1, 0.15) is 72.6 Å². The van der Waals surface area contributed by atoms with E-state index in [-0.39, 0.29) is 0 Å². The molecule has 2 rings (SSSR count). The van der Waals surface area contributed by atoms with Crippen molar-refractivity contribution in [3.8, 4) is 0 Å². The van der Waals surface area contributed by atoms with Crippen LogP contribution >= 0.6 is 0 Å². The van der Waals surface area contributed by atoms with E-state index in [0.29, 0.717) is 11.5 Å². The highest BCUT2D eigenvalue weighted by molar-refractivity contribution is 4.90. The van der Waals surface area contributed by atoms with E-state index in [0.717, 1.165) is 11.8 Å². The minimum Gasteiger partial charge on any atom is -0.314 e. The van der Waals surface area contributed by atoms with Crippen molar-refractivity contribution in [3.05, 3.63) is 0 Å². The van der Waals surface area contributed by atoms with Gasteiger partial charge < -0.3 is 10.2 Å². The molecule has 0 aromatic carbocycles. The van der Waals surface area contributed by atoms with Gasteiger partial charge in [0.25, 0.3) is 0 Å². The van der Waals surface area contributed by atoms with Crippen molar-refractivity contribution in [2.75, 3.05) is 26.2 Å². The van der Waals surface area contributed by atoms with Crippen molar-refractivity contribution in [3.63, 3.8) is 0 Å². The third-order valence-corrected chi connectivity index (χ3v) is 5.86. The van der Waals surface area contributed by atoms with Crippen LogP contribution in [0.25, 0.3) is 0 Å². The van der Waals surface area contributed by atoms with Crippen molar-refractivity contribution in [2.45, 2.75) is 78.7 Å². The molecule has 0 bridgehead atoms. The Kier molecular flexibility index (Phi) is 6.55. The lowest BCUT2D eigenvalue weighted by molar-refractivity contribution is 0.137. The SMILES string of the molecule is CC(C)NCC1(CN2CCC(C(C)C)C2)CCCCCC1. The van der Waals surface area contributed by atoms with Crippen molar-refractivity contribution in [1.29, 1.82) is 0 Å². The summed E-state index contributed by atoms with van der Waals surface area (Å²) in [5, 5.41) is 3.77. The van der Waals surface area contributed by atoms with Gasteiger partial charge in [-0.15, -0.1) is 0 Å². The molecule has 0 aromatic rings. The van der Waals surface area contributed by atoms with Crippen LogP contribution in [-0.2, 0) is 0 Å². The van der Waals surface area contributed by atoms with Gasteiger partial charge in [0.2, 0.25) is 0 Å². The van der Waals surface area contributed by atoms with Gasteiger partial charge >= 0.3 is 0 Å². The molecule has 1 atom stereocenters. The smallest absolute Gasteiger partial charge is 0.00503 e. The second-order valence-corrected chi connectivity index (χ2v) is 8.48. The first-order valence-corrected chi connectivity index (χ1v) is 9.46. The maximum absolute atomic E-state index is 3.77. The number of hydrogen-bond donors (Lipinski definition) is 1. The molecule has 1 heterocycles. The van der Waals surface area contributed by atoms with Crippen LogP contribution in [0.15, 0.2) is 0 Å². The summed E-state index contributed by atoms with van der Waals surface area (Å²) in [5.41, 5.74) is 0.548. The lowest BCUT2D eigenvalue weighted by atomic mass is 9.79. The standard InChI is InChI=1S/C19H38N2/c1-16(2)18-9-12-21(13-18)15-19(14-20-17(3)4)10-7-5-6-8-11-19/h16-18,20H,5-15H2,1-4H3. The molecule has 2 nitrogen and oxygen atoms in total. The molecule has 2 heteroatoms. The van der Waals surface area contributed by atoms with E-state index in [1.807, 2.05) is 0 Å². The van der Waals surface area contributed by atoms with Crippen molar-refractivity contribution in [2.24, 2.45) is 17.3 Å². The third-order valence-electron chi connectivity index (χ3n) is 5.86. The number of likely N-dealkylation sites (tertiary alicyclic amines) is 1. The fourth-order valence-electron chi connectivity index (χ4n) is 4.31. The molecular formula is C19H38N2. The van der Waals surface area contributed by atoms with Crippen molar-refractivity contribution in [1.82, 2.24) is 10.2 Å². The third kappa shape index (κ3) is 5.25. The number of nitrogens with zero attached hydrogens (tertiary/aromatic N) is 1. The molecule has 0 spiro atoms. The molecule has 21 heavy (non-hydrogen) atoms. The molecule has 0 aromatic heterocycles. The quantitative estimate of drug-likeness (QED) is 0.735. The van der Waals surface area contributed by atoms with Crippen LogP contribution in [0.4, 0.5) is 0 Å². The van der Waals surface area contributed by atoms with E-state index in [1.54, 1.807) is 0 Å². The average Bonchev–Trinajstić information content (AvgIpc) is 2.76. The zero-order chi connectivity index (χ0) is 15.3. The molecule has 1 N–H and O–H groups in total. The Hall–Kier alpha value is -0.0800. The first-order valence-electron chi connectivity index (χ1n) is 9.46. The van der Waals surface area contributed by atoms with Crippen LogP contribution < -0.4 is 5.32 Å². The van der Waals surface area contributed by atoms with Gasteiger partial charge in [0, 0.05) is 25.7 Å². The van der Waals surface area contributed by atoms with Gasteiger partial charge in [-0.25, -0.2) is 0 Å². The molecule has 2 fully saturated rings. The van der Waals surface area contributed by atoms with Crippen LogP contribution in [-0.4, -0.2) is 37.1 Å². The minimum absolute atomic E-state index is 0.548. The molecule has 1 saturated carbocycles. The van der Waals surface area contributed by atoms with Gasteiger partial charge in [-0.2, -0.15) is 0 Å². The Bertz CT molecular complexity index is 290. The van der Waals surface area contributed by atoms with Crippen molar-refractivity contribution >= 4 is 0 Å². The molecule has 1 aliphatic heterocycles. The molecule has 124 valence electrons. The fraction of sp³-hybridized carbons (Fsp3) is 1.00. The van der Waals surface area contributed by atoms with Crippen LogP contribution in [0.3, 0.4) is 0 Å². The van der Waals surface area contributed by atoms with Crippen LogP contribution in [0.2, 0.25) is 0 Å². The molecule has 1 unspecified atom stereocenters. The molecule has 0 amide bonds. The summed E-state index contributed by atoms with van der Waals surface area (Å²) in [6.45, 7) is 14.6. The second kappa shape index (κ2) is 7.97. The largest absolute Gasteiger partial charge is 0.314 e. The Balaban J connectivity index is 1.95. The van der Waals surface area contributed by atoms with Gasteiger partial charge in [-0.3, -0.25) is 0 Å². The van der Waals surface area contributed by atoms with Crippen LogP contribution in [0, 0.1) is 17.3 Å². The summed E-state index contributed by atoms with van der Waals surface area (Å²) < 4.78 is 0. The summed E-state index contributed by atoms with van der Waals surface area (Å²) in [6.07, 6.45) is 10.1. The lowest BCUT2D eigenvalue weighted by Crippen LogP contribution is -2.45. The highest BCUT2D eigenvalue weighted by Crippen LogP contribution is 2.37. The van der Waals surface area contributed by atoms with Gasteiger partial charge in [0.15, 0.2) is 0 Å². The molecule has 1 aliphatic carbocycles. The molecule has 1 saturated heterocycles. The zero-order valence-electron chi connectivity index (χ0n) is 15.0. The van der Waals surface area contributed by atoms with Gasteiger partial charge in [-0.1, -0.05) is 53.4 Å². The van der Waals surface area contributed by atoms with Gasteiger partial charge in [0.05, 0.1) is 0 Å². The normalized spacial score (nSPS) is 27.4. The summed E-state index contributed by atoms with van der Waals surface area (Å²) in [7, 11) is 0.